The minimum Gasteiger partial charge on any atom is -0.372 e. The molecule has 3 fully saturated rings. The van der Waals surface area contributed by atoms with Gasteiger partial charge in [0.25, 0.3) is 0 Å². The lowest BCUT2D eigenvalue weighted by molar-refractivity contribution is -0.0574. The topological polar surface area (TPSA) is 21.3 Å². The Labute approximate surface area is 73.7 Å². The third-order valence-electron chi connectivity index (χ3n) is 3.34. The van der Waals surface area contributed by atoms with Gasteiger partial charge in [0.15, 0.2) is 0 Å². The molecule has 68 valence electrons. The molecule has 0 aromatic carbocycles. The zero-order chi connectivity index (χ0) is 7.97. The number of hydrogen-bond donors (Lipinski definition) is 1. The van der Waals surface area contributed by atoms with Crippen molar-refractivity contribution in [3.05, 3.63) is 0 Å². The van der Waals surface area contributed by atoms with Crippen molar-refractivity contribution in [1.82, 2.24) is 5.32 Å². The van der Waals surface area contributed by atoms with Gasteiger partial charge in [-0.3, -0.25) is 0 Å². The van der Waals surface area contributed by atoms with Crippen LogP contribution in [0.25, 0.3) is 0 Å². The lowest BCUT2D eigenvalue weighted by atomic mass is 10.1. The number of nitrogens with one attached hydrogen (secondary N) is 1. The minimum atomic E-state index is 0.560. The van der Waals surface area contributed by atoms with Crippen LogP contribution in [0.3, 0.4) is 0 Å². The zero-order valence-corrected chi connectivity index (χ0v) is 7.46. The highest BCUT2D eigenvalue weighted by Crippen LogP contribution is 2.40. The van der Waals surface area contributed by atoms with Gasteiger partial charge in [0.1, 0.15) is 0 Å². The van der Waals surface area contributed by atoms with Gasteiger partial charge in [-0.15, -0.1) is 0 Å². The predicted octanol–water partition coefficient (Wildman–Crippen LogP) is 1.16. The molecule has 2 atom stereocenters. The fourth-order valence-corrected chi connectivity index (χ4v) is 2.18. The van der Waals surface area contributed by atoms with Crippen molar-refractivity contribution >= 4 is 0 Å². The van der Waals surface area contributed by atoms with Crippen LogP contribution in [0.15, 0.2) is 0 Å². The maximum absolute atomic E-state index is 6.07. The Morgan fingerprint density at radius 2 is 1.33 bits per heavy atom. The van der Waals surface area contributed by atoms with Gasteiger partial charge in [-0.2, -0.15) is 0 Å². The van der Waals surface area contributed by atoms with E-state index in [0.29, 0.717) is 12.2 Å². The van der Waals surface area contributed by atoms with Crippen molar-refractivity contribution in [2.24, 2.45) is 11.8 Å². The fourth-order valence-electron chi connectivity index (χ4n) is 2.18. The molecule has 2 saturated carbocycles. The van der Waals surface area contributed by atoms with Gasteiger partial charge in [0.05, 0.1) is 12.2 Å². The average Bonchev–Trinajstić information content (AvgIpc) is 2.98. The third kappa shape index (κ3) is 1.38. The molecule has 2 nitrogen and oxygen atoms in total. The molecule has 1 aliphatic heterocycles. The van der Waals surface area contributed by atoms with E-state index in [0.717, 1.165) is 24.9 Å². The summed E-state index contributed by atoms with van der Waals surface area (Å²) in [4.78, 5) is 0. The smallest absolute Gasteiger partial charge is 0.0732 e. The minimum absolute atomic E-state index is 0.560. The van der Waals surface area contributed by atoms with Gasteiger partial charge in [-0.1, -0.05) is 0 Å². The summed E-state index contributed by atoms with van der Waals surface area (Å²) < 4.78 is 6.07. The molecule has 2 heteroatoms. The van der Waals surface area contributed by atoms with Gasteiger partial charge in [-0.25, -0.2) is 0 Å². The van der Waals surface area contributed by atoms with E-state index in [4.69, 9.17) is 4.74 Å². The molecule has 2 aliphatic carbocycles. The summed E-state index contributed by atoms with van der Waals surface area (Å²) in [7, 11) is 0. The monoisotopic (exact) mass is 167 g/mol. The van der Waals surface area contributed by atoms with Crippen molar-refractivity contribution < 1.29 is 4.74 Å². The van der Waals surface area contributed by atoms with Crippen LogP contribution in [-0.2, 0) is 4.74 Å². The molecule has 12 heavy (non-hydrogen) atoms. The molecule has 1 heterocycles. The van der Waals surface area contributed by atoms with E-state index in [2.05, 4.69) is 5.32 Å². The van der Waals surface area contributed by atoms with E-state index in [1.54, 1.807) is 0 Å². The maximum Gasteiger partial charge on any atom is 0.0732 e. The Kier molecular flexibility index (Phi) is 1.66. The van der Waals surface area contributed by atoms with Gasteiger partial charge in [0, 0.05) is 13.1 Å². The molecule has 2 unspecified atom stereocenters. The van der Waals surface area contributed by atoms with Gasteiger partial charge in [0.2, 0.25) is 0 Å². The molecule has 0 aromatic rings. The molecule has 3 aliphatic rings. The fraction of sp³-hybridized carbons (Fsp3) is 1.00. The van der Waals surface area contributed by atoms with Crippen molar-refractivity contribution in [3.63, 3.8) is 0 Å². The lowest BCUT2D eigenvalue weighted by Gasteiger charge is -2.31. The van der Waals surface area contributed by atoms with Crippen LogP contribution in [0.4, 0.5) is 0 Å². The first kappa shape index (κ1) is 7.34. The van der Waals surface area contributed by atoms with Crippen LogP contribution in [0.2, 0.25) is 0 Å². The Balaban J connectivity index is 1.58. The maximum atomic E-state index is 6.07. The molecular weight excluding hydrogens is 150 g/mol. The van der Waals surface area contributed by atoms with Crippen LogP contribution in [0, 0.1) is 11.8 Å². The van der Waals surface area contributed by atoms with Crippen LogP contribution >= 0.6 is 0 Å². The molecule has 1 saturated heterocycles. The Morgan fingerprint density at radius 1 is 0.833 bits per heavy atom. The number of morpholine rings is 1. The highest BCUT2D eigenvalue weighted by molar-refractivity contribution is 4.92. The summed E-state index contributed by atoms with van der Waals surface area (Å²) in [6.45, 7) is 2.21. The standard InChI is InChI=1S/C10H17NO/c1-2-7(1)9-5-11-6-10(12-9)8-3-4-8/h7-11H,1-6H2. The van der Waals surface area contributed by atoms with E-state index >= 15 is 0 Å². The molecule has 0 amide bonds. The largest absolute Gasteiger partial charge is 0.372 e. The quantitative estimate of drug-likeness (QED) is 0.666. The van der Waals surface area contributed by atoms with Crippen LogP contribution in [0.5, 0.6) is 0 Å². The molecule has 0 radical (unpaired) electrons. The first-order chi connectivity index (χ1) is 5.93. The van der Waals surface area contributed by atoms with E-state index in [9.17, 15) is 0 Å². The highest BCUT2D eigenvalue weighted by atomic mass is 16.5. The molecule has 0 bridgehead atoms. The summed E-state index contributed by atoms with van der Waals surface area (Å²) in [5.74, 6) is 1.80. The first-order valence-corrected chi connectivity index (χ1v) is 5.29. The van der Waals surface area contributed by atoms with Crippen LogP contribution in [0.1, 0.15) is 25.7 Å². The molecule has 0 aromatic heterocycles. The Morgan fingerprint density at radius 3 is 1.75 bits per heavy atom. The van der Waals surface area contributed by atoms with Gasteiger partial charge < -0.3 is 10.1 Å². The summed E-state index contributed by atoms with van der Waals surface area (Å²) in [5, 5.41) is 3.50. The van der Waals surface area contributed by atoms with Crippen molar-refractivity contribution in [3.8, 4) is 0 Å². The predicted molar refractivity (Wildman–Crippen MR) is 47.0 cm³/mol. The molecule has 3 rings (SSSR count). The van der Waals surface area contributed by atoms with Gasteiger partial charge >= 0.3 is 0 Å². The average molecular weight is 167 g/mol. The summed E-state index contributed by atoms with van der Waals surface area (Å²) in [6.07, 6.45) is 6.75. The SMILES string of the molecule is C1CC1C1CNCC(C2CC2)O1. The molecular formula is C10H17NO. The van der Waals surface area contributed by atoms with Crippen molar-refractivity contribution in [1.29, 1.82) is 0 Å². The van der Waals surface area contributed by atoms with Crippen molar-refractivity contribution in [2.75, 3.05) is 13.1 Å². The van der Waals surface area contributed by atoms with Crippen LogP contribution in [-0.4, -0.2) is 25.3 Å². The molecule has 0 spiro atoms. The molecule has 1 N–H and O–H groups in total. The second-order valence-electron chi connectivity index (χ2n) is 4.55. The second-order valence-corrected chi connectivity index (χ2v) is 4.55. The lowest BCUT2D eigenvalue weighted by Crippen LogP contribution is -2.46. The summed E-state index contributed by atoms with van der Waals surface area (Å²) >= 11 is 0. The second kappa shape index (κ2) is 2.71. The van der Waals surface area contributed by atoms with E-state index in [1.807, 2.05) is 0 Å². The van der Waals surface area contributed by atoms with E-state index in [1.165, 1.54) is 25.7 Å². The zero-order valence-electron chi connectivity index (χ0n) is 7.46. The van der Waals surface area contributed by atoms with Crippen molar-refractivity contribution in [2.45, 2.75) is 37.9 Å². The number of rotatable bonds is 2. The normalized spacial score (nSPS) is 43.0. The van der Waals surface area contributed by atoms with E-state index in [-0.39, 0.29) is 0 Å². The first-order valence-electron chi connectivity index (χ1n) is 5.29. The Hall–Kier alpha value is -0.0800. The van der Waals surface area contributed by atoms with Crippen LogP contribution < -0.4 is 5.32 Å². The third-order valence-corrected chi connectivity index (χ3v) is 3.34. The van der Waals surface area contributed by atoms with Gasteiger partial charge in [-0.05, 0) is 37.5 Å². The number of hydrogen-bond acceptors (Lipinski definition) is 2. The Bertz CT molecular complexity index is 157. The highest BCUT2D eigenvalue weighted by Gasteiger charge is 2.40. The number of ether oxygens (including phenoxy) is 1. The van der Waals surface area contributed by atoms with E-state index < -0.39 is 0 Å². The summed E-state index contributed by atoms with van der Waals surface area (Å²) in [5.41, 5.74) is 0. The summed E-state index contributed by atoms with van der Waals surface area (Å²) in [6, 6.07) is 0.